The molecule has 1 aliphatic carbocycles. The van der Waals surface area contributed by atoms with Crippen LogP contribution in [0.25, 0.3) is 0 Å². The first-order valence-corrected chi connectivity index (χ1v) is 9.93. The van der Waals surface area contributed by atoms with Crippen molar-refractivity contribution >= 4 is 17.3 Å². The molecule has 0 bridgehead atoms. The topological polar surface area (TPSA) is 46.5 Å². The number of carbonyl (C=O) groups excluding carboxylic acids is 1. The number of nitrogens with zero attached hydrogens (tertiary/aromatic N) is 2. The average Bonchev–Trinajstić information content (AvgIpc) is 3.39. The van der Waals surface area contributed by atoms with Crippen LogP contribution in [-0.4, -0.2) is 35.8 Å². The van der Waals surface area contributed by atoms with Crippen molar-refractivity contribution in [2.24, 2.45) is 0 Å². The van der Waals surface area contributed by atoms with E-state index in [-0.39, 0.29) is 18.1 Å². The zero-order valence-corrected chi connectivity index (χ0v) is 16.7. The van der Waals surface area contributed by atoms with Gasteiger partial charge in [0.15, 0.2) is 0 Å². The monoisotopic (exact) mass is 367 g/mol. The molecule has 1 aromatic heterocycles. The van der Waals surface area contributed by atoms with Crippen LogP contribution in [0.5, 0.6) is 0 Å². The molecule has 0 unspecified atom stereocenters. The standard InChI is InChI=1S/C22H29N3O2/c1-14-11-19(17(4)25(14)18-9-10-18)22(26)23-20-7-5-6-8-21(20)24-12-15(2)27-16(3)13-24/h5-8,11,15-16,18H,9-10,12-13H2,1-4H3,(H,23,26)/t15-,16+. The second-order valence-electron chi connectivity index (χ2n) is 8.02. The number of anilines is 2. The van der Waals surface area contributed by atoms with Gasteiger partial charge in [-0.2, -0.15) is 0 Å². The molecule has 1 saturated heterocycles. The number of carbonyl (C=O) groups is 1. The highest BCUT2D eigenvalue weighted by Gasteiger charge is 2.29. The van der Waals surface area contributed by atoms with Gasteiger partial charge in [-0.25, -0.2) is 0 Å². The zero-order valence-electron chi connectivity index (χ0n) is 16.7. The quantitative estimate of drug-likeness (QED) is 0.876. The van der Waals surface area contributed by atoms with Crippen LogP contribution in [0.3, 0.4) is 0 Å². The number of amides is 1. The molecule has 27 heavy (non-hydrogen) atoms. The van der Waals surface area contributed by atoms with Gasteiger partial charge < -0.3 is 19.5 Å². The van der Waals surface area contributed by atoms with Gasteiger partial charge >= 0.3 is 0 Å². The first kappa shape index (κ1) is 18.1. The number of nitrogens with one attached hydrogen (secondary N) is 1. The molecular formula is C22H29N3O2. The molecule has 4 rings (SSSR count). The van der Waals surface area contributed by atoms with Crippen LogP contribution in [0.2, 0.25) is 0 Å². The van der Waals surface area contributed by atoms with Crippen molar-refractivity contribution in [2.45, 2.75) is 58.8 Å². The van der Waals surface area contributed by atoms with Crippen LogP contribution in [0.1, 0.15) is 54.5 Å². The minimum absolute atomic E-state index is 0.0307. The summed E-state index contributed by atoms with van der Waals surface area (Å²) in [6.07, 6.45) is 2.78. The second kappa shape index (κ2) is 7.04. The third kappa shape index (κ3) is 3.61. The molecule has 1 saturated carbocycles. The Balaban J connectivity index is 1.58. The number of aryl methyl sites for hydroxylation is 1. The summed E-state index contributed by atoms with van der Waals surface area (Å²) < 4.78 is 8.17. The molecule has 1 aliphatic heterocycles. The second-order valence-corrected chi connectivity index (χ2v) is 8.02. The molecule has 0 spiro atoms. The van der Waals surface area contributed by atoms with Gasteiger partial charge in [0.05, 0.1) is 29.1 Å². The van der Waals surface area contributed by atoms with E-state index in [1.807, 2.05) is 24.3 Å². The van der Waals surface area contributed by atoms with Crippen LogP contribution in [-0.2, 0) is 4.74 Å². The fourth-order valence-electron chi connectivity index (χ4n) is 4.32. The van der Waals surface area contributed by atoms with Gasteiger partial charge in [0.25, 0.3) is 5.91 Å². The summed E-state index contributed by atoms with van der Waals surface area (Å²) in [6, 6.07) is 10.7. The van der Waals surface area contributed by atoms with Crippen molar-refractivity contribution in [3.05, 3.63) is 47.3 Å². The summed E-state index contributed by atoms with van der Waals surface area (Å²) in [4.78, 5) is 15.3. The molecule has 1 amide bonds. The highest BCUT2D eigenvalue weighted by Crippen LogP contribution is 2.38. The lowest BCUT2D eigenvalue weighted by atomic mass is 10.1. The van der Waals surface area contributed by atoms with Crippen molar-refractivity contribution in [1.82, 2.24) is 4.57 Å². The van der Waals surface area contributed by atoms with E-state index in [1.54, 1.807) is 0 Å². The minimum atomic E-state index is -0.0307. The van der Waals surface area contributed by atoms with Crippen LogP contribution >= 0.6 is 0 Å². The fourth-order valence-corrected chi connectivity index (χ4v) is 4.32. The Morgan fingerprint density at radius 3 is 2.44 bits per heavy atom. The van der Waals surface area contributed by atoms with Gasteiger partial charge in [0.2, 0.25) is 0 Å². The maximum atomic E-state index is 13.0. The summed E-state index contributed by atoms with van der Waals surface area (Å²) >= 11 is 0. The number of morpholine rings is 1. The van der Waals surface area contributed by atoms with E-state index in [4.69, 9.17) is 4.74 Å². The lowest BCUT2D eigenvalue weighted by Crippen LogP contribution is -2.45. The van der Waals surface area contributed by atoms with E-state index in [1.165, 1.54) is 18.5 Å². The number of ether oxygens (including phenoxy) is 1. The summed E-state index contributed by atoms with van der Waals surface area (Å²) in [6.45, 7) is 9.98. The number of hydrogen-bond donors (Lipinski definition) is 1. The van der Waals surface area contributed by atoms with E-state index < -0.39 is 0 Å². The normalized spacial score (nSPS) is 22.7. The van der Waals surface area contributed by atoms with Crippen molar-refractivity contribution < 1.29 is 9.53 Å². The van der Waals surface area contributed by atoms with E-state index in [2.05, 4.69) is 48.5 Å². The molecule has 2 fully saturated rings. The third-order valence-corrected chi connectivity index (χ3v) is 5.55. The molecule has 2 heterocycles. The Morgan fingerprint density at radius 2 is 1.78 bits per heavy atom. The molecule has 2 aromatic rings. The Morgan fingerprint density at radius 1 is 1.11 bits per heavy atom. The molecule has 0 radical (unpaired) electrons. The molecule has 5 nitrogen and oxygen atoms in total. The molecule has 144 valence electrons. The number of rotatable bonds is 4. The van der Waals surface area contributed by atoms with Gasteiger partial charge in [-0.1, -0.05) is 12.1 Å². The molecular weight excluding hydrogens is 338 g/mol. The number of para-hydroxylation sites is 2. The van der Waals surface area contributed by atoms with Gasteiger partial charge in [0.1, 0.15) is 0 Å². The first-order chi connectivity index (χ1) is 12.9. The largest absolute Gasteiger partial charge is 0.372 e. The van der Waals surface area contributed by atoms with E-state index in [9.17, 15) is 4.79 Å². The average molecular weight is 367 g/mol. The maximum Gasteiger partial charge on any atom is 0.257 e. The van der Waals surface area contributed by atoms with Gasteiger partial charge in [-0.15, -0.1) is 0 Å². The molecule has 5 heteroatoms. The third-order valence-electron chi connectivity index (χ3n) is 5.55. The lowest BCUT2D eigenvalue weighted by Gasteiger charge is -2.37. The summed E-state index contributed by atoms with van der Waals surface area (Å²) in [5.41, 5.74) is 4.93. The predicted octanol–water partition coefficient (Wildman–Crippen LogP) is 4.31. The van der Waals surface area contributed by atoms with Gasteiger partial charge in [-0.3, -0.25) is 4.79 Å². The Kier molecular flexibility index (Phi) is 4.72. The van der Waals surface area contributed by atoms with Crippen molar-refractivity contribution in [3.8, 4) is 0 Å². The Bertz CT molecular complexity index is 843. The van der Waals surface area contributed by atoms with Crippen LogP contribution < -0.4 is 10.2 Å². The molecule has 1 aromatic carbocycles. The maximum absolute atomic E-state index is 13.0. The first-order valence-electron chi connectivity index (χ1n) is 9.93. The minimum Gasteiger partial charge on any atom is -0.372 e. The van der Waals surface area contributed by atoms with Gasteiger partial charge in [-0.05, 0) is 58.7 Å². The molecule has 2 aliphatic rings. The Hall–Kier alpha value is -2.27. The Labute approximate surface area is 161 Å². The van der Waals surface area contributed by atoms with E-state index in [0.717, 1.165) is 35.7 Å². The van der Waals surface area contributed by atoms with Crippen LogP contribution in [0.4, 0.5) is 11.4 Å². The van der Waals surface area contributed by atoms with Crippen LogP contribution in [0.15, 0.2) is 30.3 Å². The van der Waals surface area contributed by atoms with E-state index >= 15 is 0 Å². The van der Waals surface area contributed by atoms with Crippen molar-refractivity contribution in [1.29, 1.82) is 0 Å². The molecule has 2 atom stereocenters. The predicted molar refractivity (Wildman–Crippen MR) is 109 cm³/mol. The summed E-state index contributed by atoms with van der Waals surface area (Å²) in [5, 5.41) is 3.16. The van der Waals surface area contributed by atoms with Crippen LogP contribution in [0, 0.1) is 13.8 Å². The highest BCUT2D eigenvalue weighted by atomic mass is 16.5. The number of aromatic nitrogens is 1. The SMILES string of the molecule is Cc1cc(C(=O)Nc2ccccc2N2C[C@@H](C)O[C@@H](C)C2)c(C)n1C1CC1. The summed E-state index contributed by atoms with van der Waals surface area (Å²) in [7, 11) is 0. The number of hydrogen-bond acceptors (Lipinski definition) is 3. The van der Waals surface area contributed by atoms with Gasteiger partial charge in [0, 0.05) is 30.5 Å². The summed E-state index contributed by atoms with van der Waals surface area (Å²) in [5.74, 6) is -0.0307. The lowest BCUT2D eigenvalue weighted by molar-refractivity contribution is -0.00517. The molecule has 1 N–H and O–H groups in total. The number of benzene rings is 1. The van der Waals surface area contributed by atoms with Crippen molar-refractivity contribution in [2.75, 3.05) is 23.3 Å². The fraction of sp³-hybridized carbons (Fsp3) is 0.500. The smallest absolute Gasteiger partial charge is 0.257 e. The van der Waals surface area contributed by atoms with Crippen molar-refractivity contribution in [3.63, 3.8) is 0 Å². The zero-order chi connectivity index (χ0) is 19.1. The highest BCUT2D eigenvalue weighted by molar-refractivity contribution is 6.07. The van der Waals surface area contributed by atoms with E-state index in [0.29, 0.717) is 6.04 Å².